The van der Waals surface area contributed by atoms with E-state index in [2.05, 4.69) is 11.4 Å². The van der Waals surface area contributed by atoms with E-state index in [4.69, 9.17) is 10.00 Å². The van der Waals surface area contributed by atoms with Crippen molar-refractivity contribution in [1.82, 2.24) is 9.88 Å². The van der Waals surface area contributed by atoms with Crippen LogP contribution in [0, 0.1) is 16.7 Å². The molecular formula is C19H21N3O3. The van der Waals surface area contributed by atoms with Gasteiger partial charge in [-0.15, -0.1) is 0 Å². The lowest BCUT2D eigenvalue weighted by Crippen LogP contribution is -2.65. The van der Waals surface area contributed by atoms with Crippen molar-refractivity contribution in [1.29, 1.82) is 5.26 Å². The topological polar surface area (TPSA) is 87.3 Å². The molecule has 1 amide bonds. The van der Waals surface area contributed by atoms with Crippen LogP contribution in [0.5, 0.6) is 0 Å². The molecule has 2 atom stereocenters. The molecule has 1 saturated carbocycles. The minimum atomic E-state index is -0.383. The van der Waals surface area contributed by atoms with Crippen LogP contribution in [0.15, 0.2) is 30.3 Å². The molecule has 130 valence electrons. The van der Waals surface area contributed by atoms with Crippen molar-refractivity contribution < 1.29 is 14.6 Å². The van der Waals surface area contributed by atoms with Crippen molar-refractivity contribution in [3.8, 4) is 6.07 Å². The van der Waals surface area contributed by atoms with Gasteiger partial charge < -0.3 is 19.7 Å². The molecule has 2 aliphatic rings. The molecule has 2 heterocycles. The maximum atomic E-state index is 12.9. The third-order valence-corrected chi connectivity index (χ3v) is 5.82. The van der Waals surface area contributed by atoms with Crippen LogP contribution in [0.4, 0.5) is 0 Å². The fraction of sp³-hybridized carbons (Fsp3) is 0.474. The molecule has 1 aliphatic heterocycles. The predicted octanol–water partition coefficient (Wildman–Crippen LogP) is 1.82. The first-order valence-electron chi connectivity index (χ1n) is 8.67. The largest absolute Gasteiger partial charge is 0.392 e. The summed E-state index contributed by atoms with van der Waals surface area (Å²) in [7, 11) is 0. The average Bonchev–Trinajstić information content (AvgIpc) is 3.01. The Morgan fingerprint density at radius 2 is 2.16 bits per heavy atom. The highest BCUT2D eigenvalue weighted by atomic mass is 16.5. The zero-order valence-electron chi connectivity index (χ0n) is 13.9. The molecule has 0 radical (unpaired) electrons. The van der Waals surface area contributed by atoms with E-state index >= 15 is 0 Å². The molecule has 2 N–H and O–H groups in total. The molecule has 1 aromatic heterocycles. The van der Waals surface area contributed by atoms with Crippen LogP contribution in [-0.4, -0.2) is 40.9 Å². The number of aliphatic hydroxyl groups excluding tert-OH is 1. The quantitative estimate of drug-likeness (QED) is 0.893. The number of hydrogen-bond acceptors (Lipinski definition) is 4. The SMILES string of the molecule is N#CCn1c(C(=O)N[C@@H]2C[C@@H](O)C23CCOCC3)cc2ccccc21. The van der Waals surface area contributed by atoms with Crippen LogP contribution in [0.2, 0.25) is 0 Å². The number of benzene rings is 1. The molecule has 6 heteroatoms. The van der Waals surface area contributed by atoms with Gasteiger partial charge in [-0.1, -0.05) is 18.2 Å². The van der Waals surface area contributed by atoms with Gasteiger partial charge in [-0.25, -0.2) is 0 Å². The monoisotopic (exact) mass is 339 g/mol. The van der Waals surface area contributed by atoms with Gasteiger partial charge in [0, 0.05) is 35.6 Å². The zero-order chi connectivity index (χ0) is 17.4. The first kappa shape index (κ1) is 16.1. The van der Waals surface area contributed by atoms with Gasteiger partial charge in [-0.2, -0.15) is 5.26 Å². The summed E-state index contributed by atoms with van der Waals surface area (Å²) >= 11 is 0. The van der Waals surface area contributed by atoms with E-state index in [1.54, 1.807) is 4.57 Å². The van der Waals surface area contributed by atoms with Crippen molar-refractivity contribution >= 4 is 16.8 Å². The van der Waals surface area contributed by atoms with Gasteiger partial charge in [0.05, 0.1) is 12.2 Å². The Balaban J connectivity index is 1.60. The first-order chi connectivity index (χ1) is 12.2. The Morgan fingerprint density at radius 1 is 1.40 bits per heavy atom. The molecule has 0 bridgehead atoms. The number of para-hydroxylation sites is 1. The van der Waals surface area contributed by atoms with E-state index in [-0.39, 0.29) is 30.0 Å². The number of rotatable bonds is 3. The molecule has 2 aromatic rings. The molecule has 1 aliphatic carbocycles. The van der Waals surface area contributed by atoms with E-state index in [0.717, 1.165) is 23.7 Å². The summed E-state index contributed by atoms with van der Waals surface area (Å²) < 4.78 is 7.16. The Hall–Kier alpha value is -2.36. The van der Waals surface area contributed by atoms with Crippen LogP contribution in [0.1, 0.15) is 29.8 Å². The summed E-state index contributed by atoms with van der Waals surface area (Å²) in [4.78, 5) is 12.9. The number of carbonyl (C=O) groups excluding carboxylic acids is 1. The Labute approximate surface area is 146 Å². The summed E-state index contributed by atoms with van der Waals surface area (Å²) in [6.07, 6.45) is 1.72. The van der Waals surface area contributed by atoms with Crippen molar-refractivity contribution in [2.75, 3.05) is 13.2 Å². The maximum absolute atomic E-state index is 12.9. The lowest BCUT2D eigenvalue weighted by molar-refractivity contribution is -0.145. The Kier molecular flexibility index (Phi) is 3.98. The van der Waals surface area contributed by atoms with Gasteiger partial charge in [0.15, 0.2) is 0 Å². The van der Waals surface area contributed by atoms with Gasteiger partial charge >= 0.3 is 0 Å². The summed E-state index contributed by atoms with van der Waals surface area (Å²) in [5.74, 6) is -0.186. The van der Waals surface area contributed by atoms with Gasteiger partial charge in [-0.05, 0) is 31.4 Å². The number of aliphatic hydroxyl groups is 1. The second-order valence-corrected chi connectivity index (χ2v) is 6.96. The molecule has 6 nitrogen and oxygen atoms in total. The summed E-state index contributed by atoms with van der Waals surface area (Å²) in [5, 5.41) is 23.4. The fourth-order valence-corrected chi connectivity index (χ4v) is 4.27. The van der Waals surface area contributed by atoms with Crippen LogP contribution in [0.25, 0.3) is 10.9 Å². The van der Waals surface area contributed by atoms with E-state index in [1.807, 2.05) is 30.3 Å². The fourth-order valence-electron chi connectivity index (χ4n) is 4.27. The van der Waals surface area contributed by atoms with Crippen molar-refractivity contribution in [2.24, 2.45) is 5.41 Å². The molecular weight excluding hydrogens is 318 g/mol. The Morgan fingerprint density at radius 3 is 2.88 bits per heavy atom. The first-order valence-corrected chi connectivity index (χ1v) is 8.67. The van der Waals surface area contributed by atoms with Crippen molar-refractivity contribution in [2.45, 2.75) is 38.0 Å². The van der Waals surface area contributed by atoms with Crippen LogP contribution < -0.4 is 5.32 Å². The summed E-state index contributed by atoms with van der Waals surface area (Å²) in [6.45, 7) is 1.37. The molecule has 1 spiro atoms. The van der Waals surface area contributed by atoms with Crippen molar-refractivity contribution in [3.63, 3.8) is 0 Å². The van der Waals surface area contributed by atoms with Crippen LogP contribution in [0.3, 0.4) is 0 Å². The second-order valence-electron chi connectivity index (χ2n) is 6.96. The van der Waals surface area contributed by atoms with Gasteiger partial charge in [0.2, 0.25) is 0 Å². The third kappa shape index (κ3) is 2.51. The highest BCUT2D eigenvalue weighted by Crippen LogP contribution is 2.49. The number of amides is 1. The van der Waals surface area contributed by atoms with Gasteiger partial charge in [0.1, 0.15) is 12.2 Å². The Bertz CT molecular complexity index is 845. The number of ether oxygens (including phenoxy) is 1. The number of aromatic nitrogens is 1. The highest BCUT2D eigenvalue weighted by molar-refractivity contribution is 5.99. The molecule has 1 aromatic carbocycles. The smallest absolute Gasteiger partial charge is 0.268 e. The van der Waals surface area contributed by atoms with Crippen molar-refractivity contribution in [3.05, 3.63) is 36.0 Å². The van der Waals surface area contributed by atoms with Crippen LogP contribution in [-0.2, 0) is 11.3 Å². The molecule has 0 unspecified atom stereocenters. The standard InChI is InChI=1S/C19H21N3O3/c20-7-8-22-14-4-2-1-3-13(14)11-15(22)18(24)21-16-12-17(23)19(16)5-9-25-10-6-19/h1-4,11,16-17,23H,5-6,8-10,12H2,(H,21,24)/t16-,17-/m1/s1. The number of fused-ring (bicyclic) bond motifs is 1. The predicted molar refractivity (Wildman–Crippen MR) is 91.9 cm³/mol. The molecule has 2 fully saturated rings. The van der Waals surface area contributed by atoms with E-state index < -0.39 is 0 Å². The third-order valence-electron chi connectivity index (χ3n) is 5.82. The lowest BCUT2D eigenvalue weighted by atomic mass is 9.58. The van der Waals surface area contributed by atoms with Crippen LogP contribution >= 0.6 is 0 Å². The normalized spacial score (nSPS) is 24.6. The number of nitrogens with one attached hydrogen (secondary N) is 1. The second kappa shape index (κ2) is 6.17. The van der Waals surface area contributed by atoms with E-state index in [0.29, 0.717) is 25.3 Å². The number of hydrogen-bond donors (Lipinski definition) is 2. The van der Waals surface area contributed by atoms with E-state index in [9.17, 15) is 9.90 Å². The van der Waals surface area contributed by atoms with Gasteiger partial charge in [0.25, 0.3) is 5.91 Å². The lowest BCUT2D eigenvalue weighted by Gasteiger charge is -2.55. The number of carbonyl (C=O) groups is 1. The van der Waals surface area contributed by atoms with E-state index in [1.165, 1.54) is 0 Å². The van der Waals surface area contributed by atoms with Gasteiger partial charge in [-0.3, -0.25) is 4.79 Å². The maximum Gasteiger partial charge on any atom is 0.268 e. The average molecular weight is 339 g/mol. The number of nitrogens with zero attached hydrogens (tertiary/aromatic N) is 2. The number of nitriles is 1. The minimum absolute atomic E-state index is 0.0487. The zero-order valence-corrected chi connectivity index (χ0v) is 13.9. The summed E-state index contributed by atoms with van der Waals surface area (Å²) in [5.41, 5.74) is 1.11. The highest BCUT2D eigenvalue weighted by Gasteiger charge is 2.55. The summed E-state index contributed by atoms with van der Waals surface area (Å²) in [6, 6.07) is 11.6. The minimum Gasteiger partial charge on any atom is -0.392 e. The molecule has 4 rings (SSSR count). The molecule has 25 heavy (non-hydrogen) atoms. The molecule has 1 saturated heterocycles.